The number of aromatic amines is 1. The number of fused-ring (bicyclic) bond motifs is 1. The third-order valence-corrected chi connectivity index (χ3v) is 5.38. The fourth-order valence-corrected chi connectivity index (χ4v) is 3.79. The number of likely N-dealkylation sites (N-methyl/N-ethyl adjacent to an activating group) is 1. The lowest BCUT2D eigenvalue weighted by molar-refractivity contribution is -0.362. The van der Waals surface area contributed by atoms with Crippen LogP contribution < -0.4 is 15.6 Å². The minimum absolute atomic E-state index is 0.0998. The molecule has 2 heterocycles. The van der Waals surface area contributed by atoms with Gasteiger partial charge in [-0.25, -0.2) is 9.97 Å². The molecule has 2 aromatic heterocycles. The summed E-state index contributed by atoms with van der Waals surface area (Å²) in [5.41, 5.74) is 12.0. The Morgan fingerprint density at radius 3 is 2.43 bits per heavy atom. The van der Waals surface area contributed by atoms with E-state index in [0.717, 1.165) is 51.2 Å². The average Bonchev–Trinajstić information content (AvgIpc) is 2.82. The summed E-state index contributed by atoms with van der Waals surface area (Å²) >= 11 is 0. The maximum absolute atomic E-state index is 9.49. The molecule has 5 heteroatoms. The Morgan fingerprint density at radius 2 is 1.77 bits per heavy atom. The Balaban J connectivity index is 1.96. The SMILES string of the molecule is CCN(CCO)c1[nH+]ccc2nc(-c3ccc(CN)cc3)c(-c3ccccc3)cc12. The van der Waals surface area contributed by atoms with Gasteiger partial charge in [0.2, 0.25) is 0 Å². The lowest BCUT2D eigenvalue weighted by atomic mass is 9.97. The van der Waals surface area contributed by atoms with Crippen molar-refractivity contribution in [3.05, 3.63) is 78.5 Å². The van der Waals surface area contributed by atoms with E-state index in [-0.39, 0.29) is 6.61 Å². The molecular formula is C25H27N4O+. The van der Waals surface area contributed by atoms with Crippen LogP contribution >= 0.6 is 0 Å². The third kappa shape index (κ3) is 3.90. The third-order valence-electron chi connectivity index (χ3n) is 5.38. The number of rotatable bonds is 7. The molecule has 0 aliphatic heterocycles. The van der Waals surface area contributed by atoms with Crippen molar-refractivity contribution in [3.63, 3.8) is 0 Å². The Hall–Kier alpha value is -3.28. The van der Waals surface area contributed by atoms with Crippen LogP contribution in [0.3, 0.4) is 0 Å². The van der Waals surface area contributed by atoms with E-state index in [9.17, 15) is 5.11 Å². The predicted molar refractivity (Wildman–Crippen MR) is 122 cm³/mol. The quantitative estimate of drug-likeness (QED) is 0.497. The van der Waals surface area contributed by atoms with E-state index in [0.29, 0.717) is 13.1 Å². The van der Waals surface area contributed by atoms with Crippen LogP contribution in [-0.2, 0) is 6.54 Å². The summed E-state index contributed by atoms with van der Waals surface area (Å²) in [6, 6.07) is 22.8. The second-order valence-corrected chi connectivity index (χ2v) is 7.21. The Morgan fingerprint density at radius 1 is 1.00 bits per heavy atom. The van der Waals surface area contributed by atoms with Gasteiger partial charge in [-0.3, -0.25) is 4.90 Å². The zero-order valence-corrected chi connectivity index (χ0v) is 17.2. The normalized spacial score (nSPS) is 11.0. The van der Waals surface area contributed by atoms with E-state index >= 15 is 0 Å². The van der Waals surface area contributed by atoms with Gasteiger partial charge in [-0.15, -0.1) is 0 Å². The van der Waals surface area contributed by atoms with Crippen molar-refractivity contribution in [2.75, 3.05) is 24.6 Å². The zero-order chi connectivity index (χ0) is 20.9. The summed E-state index contributed by atoms with van der Waals surface area (Å²) in [7, 11) is 0. The fourth-order valence-electron chi connectivity index (χ4n) is 3.79. The molecule has 0 bridgehead atoms. The molecule has 5 nitrogen and oxygen atoms in total. The number of nitrogens with one attached hydrogen (secondary N) is 1. The second kappa shape index (κ2) is 9.03. The molecule has 4 aromatic rings. The maximum atomic E-state index is 9.49. The molecule has 30 heavy (non-hydrogen) atoms. The standard InChI is InChI=1S/C25H26N4O/c1-2-29(14-15-30)25-22-16-21(19-6-4-3-5-7-19)24(28-23(22)12-13-27-25)20-10-8-18(17-26)9-11-20/h3-13,16,30H,2,14-15,17,26H2,1H3/p+1. The number of aliphatic hydroxyl groups excluding tert-OH is 1. The van der Waals surface area contributed by atoms with Crippen LogP contribution in [0.4, 0.5) is 5.82 Å². The first-order chi connectivity index (χ1) is 14.7. The topological polar surface area (TPSA) is 76.5 Å². The smallest absolute Gasteiger partial charge is 0.284 e. The highest BCUT2D eigenvalue weighted by Gasteiger charge is 2.20. The molecule has 0 radical (unpaired) electrons. The van der Waals surface area contributed by atoms with Crippen LogP contribution in [0.15, 0.2) is 72.9 Å². The largest absolute Gasteiger partial charge is 0.392 e. The maximum Gasteiger partial charge on any atom is 0.284 e. The number of anilines is 1. The van der Waals surface area contributed by atoms with Crippen LogP contribution in [0.5, 0.6) is 0 Å². The van der Waals surface area contributed by atoms with E-state index in [1.807, 2.05) is 30.5 Å². The first kappa shape index (κ1) is 20.0. The fraction of sp³-hybridized carbons (Fsp3) is 0.200. The van der Waals surface area contributed by atoms with Crippen LogP contribution in [0.2, 0.25) is 0 Å². The molecule has 0 unspecified atom stereocenters. The lowest BCUT2D eigenvalue weighted by Gasteiger charge is -2.17. The van der Waals surface area contributed by atoms with Crippen LogP contribution in [0.25, 0.3) is 33.3 Å². The average molecular weight is 400 g/mol. The number of nitrogens with two attached hydrogens (primary N) is 1. The number of hydrogen-bond donors (Lipinski definition) is 2. The van der Waals surface area contributed by atoms with Gasteiger partial charge in [0.15, 0.2) is 0 Å². The van der Waals surface area contributed by atoms with Crippen molar-refractivity contribution in [2.45, 2.75) is 13.5 Å². The summed E-state index contributed by atoms with van der Waals surface area (Å²) in [5.74, 6) is 0.971. The molecule has 0 fully saturated rings. The van der Waals surface area contributed by atoms with Gasteiger partial charge in [0.1, 0.15) is 6.54 Å². The molecule has 0 amide bonds. The van der Waals surface area contributed by atoms with Gasteiger partial charge in [-0.05, 0) is 24.1 Å². The molecule has 2 aromatic carbocycles. The van der Waals surface area contributed by atoms with Crippen LogP contribution in [0, 0.1) is 0 Å². The van der Waals surface area contributed by atoms with Gasteiger partial charge in [-0.1, -0.05) is 54.6 Å². The van der Waals surface area contributed by atoms with Crippen molar-refractivity contribution in [3.8, 4) is 22.4 Å². The first-order valence-corrected chi connectivity index (χ1v) is 10.3. The number of benzene rings is 2. The minimum atomic E-state index is 0.0998. The Bertz CT molecular complexity index is 1130. The molecule has 0 saturated carbocycles. The number of aromatic nitrogens is 2. The zero-order valence-electron chi connectivity index (χ0n) is 17.2. The van der Waals surface area contributed by atoms with Gasteiger partial charge >= 0.3 is 0 Å². The summed E-state index contributed by atoms with van der Waals surface area (Å²) in [5, 5.41) is 10.5. The van der Waals surface area contributed by atoms with Crippen LogP contribution in [0.1, 0.15) is 12.5 Å². The predicted octanol–water partition coefficient (Wildman–Crippen LogP) is 3.66. The molecular weight excluding hydrogens is 372 g/mol. The summed E-state index contributed by atoms with van der Waals surface area (Å²) < 4.78 is 0. The Labute approximate surface area is 176 Å². The first-order valence-electron chi connectivity index (χ1n) is 10.3. The van der Waals surface area contributed by atoms with E-state index in [4.69, 9.17) is 10.7 Å². The highest BCUT2D eigenvalue weighted by molar-refractivity contribution is 5.96. The van der Waals surface area contributed by atoms with Gasteiger partial charge in [0, 0.05) is 23.7 Å². The van der Waals surface area contributed by atoms with Crippen molar-refractivity contribution >= 4 is 16.7 Å². The molecule has 0 atom stereocenters. The van der Waals surface area contributed by atoms with Gasteiger partial charge < -0.3 is 10.8 Å². The molecule has 0 aliphatic carbocycles. The van der Waals surface area contributed by atoms with E-state index in [1.165, 1.54) is 0 Å². The Kier molecular flexibility index (Phi) is 6.02. The molecule has 152 valence electrons. The molecule has 4 rings (SSSR count). The highest BCUT2D eigenvalue weighted by atomic mass is 16.3. The highest BCUT2D eigenvalue weighted by Crippen LogP contribution is 2.35. The second-order valence-electron chi connectivity index (χ2n) is 7.21. The molecule has 0 spiro atoms. The van der Waals surface area contributed by atoms with E-state index in [1.54, 1.807) is 0 Å². The van der Waals surface area contributed by atoms with Gasteiger partial charge in [-0.2, -0.15) is 0 Å². The van der Waals surface area contributed by atoms with Gasteiger partial charge in [0.25, 0.3) is 5.82 Å². The lowest BCUT2D eigenvalue weighted by Crippen LogP contribution is -2.31. The van der Waals surface area contributed by atoms with Crippen molar-refractivity contribution < 1.29 is 10.1 Å². The number of pyridine rings is 2. The van der Waals surface area contributed by atoms with E-state index < -0.39 is 0 Å². The van der Waals surface area contributed by atoms with Crippen molar-refractivity contribution in [2.24, 2.45) is 5.73 Å². The minimum Gasteiger partial charge on any atom is -0.392 e. The van der Waals surface area contributed by atoms with Crippen molar-refractivity contribution in [1.82, 2.24) is 4.98 Å². The number of nitrogens with zero attached hydrogens (tertiary/aromatic N) is 2. The monoisotopic (exact) mass is 399 g/mol. The number of aliphatic hydroxyl groups is 1. The number of H-pyrrole nitrogens is 1. The van der Waals surface area contributed by atoms with E-state index in [2.05, 4.69) is 59.3 Å². The summed E-state index contributed by atoms with van der Waals surface area (Å²) in [6.45, 7) is 4.06. The molecule has 0 aliphatic rings. The molecule has 0 saturated heterocycles. The van der Waals surface area contributed by atoms with Crippen molar-refractivity contribution in [1.29, 1.82) is 0 Å². The molecule has 4 N–H and O–H groups in total. The number of hydrogen-bond acceptors (Lipinski definition) is 4. The van der Waals surface area contributed by atoms with Crippen LogP contribution in [-0.4, -0.2) is 29.8 Å². The van der Waals surface area contributed by atoms with Gasteiger partial charge in [0.05, 0.1) is 35.9 Å². The summed E-state index contributed by atoms with van der Waals surface area (Å²) in [6.07, 6.45) is 1.91. The summed E-state index contributed by atoms with van der Waals surface area (Å²) in [4.78, 5) is 10.6.